The maximum atomic E-state index is 4.57. The van der Waals surface area contributed by atoms with Crippen LogP contribution in [0.4, 0.5) is 5.82 Å². The van der Waals surface area contributed by atoms with Crippen LogP contribution >= 0.6 is 15.9 Å². The first-order valence-corrected chi connectivity index (χ1v) is 7.63. The van der Waals surface area contributed by atoms with E-state index >= 15 is 0 Å². The highest BCUT2D eigenvalue weighted by Crippen LogP contribution is 2.35. The van der Waals surface area contributed by atoms with Crippen molar-refractivity contribution < 1.29 is 0 Å². The Morgan fingerprint density at radius 2 is 2.00 bits per heavy atom. The molecule has 0 aromatic carbocycles. The van der Waals surface area contributed by atoms with Crippen LogP contribution < -0.4 is 4.90 Å². The molecule has 2 rings (SSSR count). The Balaban J connectivity index is 2.05. The van der Waals surface area contributed by atoms with Crippen molar-refractivity contribution in [1.29, 1.82) is 0 Å². The van der Waals surface area contributed by atoms with E-state index in [4.69, 9.17) is 0 Å². The second-order valence-corrected chi connectivity index (χ2v) is 7.11. The van der Waals surface area contributed by atoms with Crippen LogP contribution in [-0.4, -0.2) is 18.1 Å². The van der Waals surface area contributed by atoms with Crippen LogP contribution in [0.2, 0.25) is 0 Å². The van der Waals surface area contributed by atoms with E-state index in [0.717, 1.165) is 29.4 Å². The van der Waals surface area contributed by atoms with Crippen LogP contribution in [0.25, 0.3) is 0 Å². The van der Waals surface area contributed by atoms with Gasteiger partial charge < -0.3 is 4.90 Å². The average molecular weight is 311 g/mol. The number of nitrogens with zero attached hydrogens (tertiary/aromatic N) is 2. The Morgan fingerprint density at radius 1 is 1.22 bits per heavy atom. The van der Waals surface area contributed by atoms with Crippen molar-refractivity contribution in [1.82, 2.24) is 4.98 Å². The summed E-state index contributed by atoms with van der Waals surface area (Å²) >= 11 is 3.45. The molecule has 3 heteroatoms. The predicted octanol–water partition coefficient (Wildman–Crippen LogP) is 4.50. The summed E-state index contributed by atoms with van der Waals surface area (Å²) in [5.41, 5.74) is 0.431. The number of anilines is 1. The highest BCUT2D eigenvalue weighted by molar-refractivity contribution is 9.10. The normalized spacial score (nSPS) is 21.8. The minimum atomic E-state index is 0.431. The Labute approximate surface area is 119 Å². The topological polar surface area (TPSA) is 16.1 Å². The molecule has 0 spiro atoms. The zero-order valence-corrected chi connectivity index (χ0v) is 13.2. The smallest absolute Gasteiger partial charge is 0.129 e. The summed E-state index contributed by atoms with van der Waals surface area (Å²) in [6.07, 6.45) is 3.89. The van der Waals surface area contributed by atoms with E-state index < -0.39 is 0 Å². The molecule has 1 aromatic rings. The Morgan fingerprint density at radius 3 is 2.67 bits per heavy atom. The fraction of sp³-hybridized carbons (Fsp3) is 0.667. The van der Waals surface area contributed by atoms with Gasteiger partial charge in [-0.1, -0.05) is 26.8 Å². The number of hydrogen-bond donors (Lipinski definition) is 0. The molecule has 18 heavy (non-hydrogen) atoms. The van der Waals surface area contributed by atoms with Crippen LogP contribution in [0, 0.1) is 11.3 Å². The molecular formula is C15H23BrN2. The quantitative estimate of drug-likeness (QED) is 0.710. The fourth-order valence-corrected chi connectivity index (χ4v) is 3.10. The molecule has 1 fully saturated rings. The van der Waals surface area contributed by atoms with Crippen molar-refractivity contribution in [3.63, 3.8) is 0 Å². The van der Waals surface area contributed by atoms with E-state index in [2.05, 4.69) is 58.7 Å². The number of aromatic nitrogens is 1. The van der Waals surface area contributed by atoms with E-state index in [1.165, 1.54) is 19.3 Å². The van der Waals surface area contributed by atoms with Crippen molar-refractivity contribution in [3.8, 4) is 0 Å². The molecule has 1 aromatic heterocycles. The molecule has 1 unspecified atom stereocenters. The Hall–Kier alpha value is -0.570. The zero-order valence-electron chi connectivity index (χ0n) is 11.6. The van der Waals surface area contributed by atoms with E-state index in [1.807, 2.05) is 6.07 Å². The molecule has 1 aliphatic rings. The van der Waals surface area contributed by atoms with Gasteiger partial charge in [0.05, 0.1) is 0 Å². The number of rotatable bonds is 1. The van der Waals surface area contributed by atoms with Gasteiger partial charge in [0.2, 0.25) is 0 Å². The molecule has 100 valence electrons. The summed E-state index contributed by atoms with van der Waals surface area (Å²) in [6, 6.07) is 6.17. The third-order valence-corrected chi connectivity index (χ3v) is 4.42. The maximum Gasteiger partial charge on any atom is 0.129 e. The highest BCUT2D eigenvalue weighted by Gasteiger charge is 2.27. The van der Waals surface area contributed by atoms with Crippen LogP contribution in [0.1, 0.15) is 40.0 Å². The molecule has 0 radical (unpaired) electrons. The van der Waals surface area contributed by atoms with E-state index in [-0.39, 0.29) is 0 Å². The zero-order chi connectivity index (χ0) is 13.2. The molecular weight excluding hydrogens is 288 g/mol. The van der Waals surface area contributed by atoms with Gasteiger partial charge in [-0.25, -0.2) is 4.98 Å². The summed E-state index contributed by atoms with van der Waals surface area (Å²) in [4.78, 5) is 7.00. The van der Waals surface area contributed by atoms with Gasteiger partial charge in [0.15, 0.2) is 0 Å². The van der Waals surface area contributed by atoms with Crippen molar-refractivity contribution in [2.24, 2.45) is 11.3 Å². The van der Waals surface area contributed by atoms with Crippen LogP contribution in [0.3, 0.4) is 0 Å². The highest BCUT2D eigenvalue weighted by atomic mass is 79.9. The van der Waals surface area contributed by atoms with Gasteiger partial charge in [0.25, 0.3) is 0 Å². The van der Waals surface area contributed by atoms with E-state index in [0.29, 0.717) is 5.41 Å². The lowest BCUT2D eigenvalue weighted by molar-refractivity contribution is 0.220. The van der Waals surface area contributed by atoms with Gasteiger partial charge in [-0.15, -0.1) is 0 Å². The minimum absolute atomic E-state index is 0.431. The molecule has 1 aliphatic heterocycles. The van der Waals surface area contributed by atoms with Gasteiger partial charge >= 0.3 is 0 Å². The second kappa shape index (κ2) is 5.60. The third-order valence-electron chi connectivity index (χ3n) is 3.98. The predicted molar refractivity (Wildman–Crippen MR) is 80.9 cm³/mol. The molecule has 2 heterocycles. The first kappa shape index (κ1) is 13.9. The lowest BCUT2D eigenvalue weighted by atomic mass is 9.77. The number of halogens is 1. The summed E-state index contributed by atoms with van der Waals surface area (Å²) < 4.78 is 0.927. The summed E-state index contributed by atoms with van der Waals surface area (Å²) in [5, 5.41) is 0. The summed E-state index contributed by atoms with van der Waals surface area (Å²) in [7, 11) is 0. The lowest BCUT2D eigenvalue weighted by Crippen LogP contribution is -2.26. The Bertz CT molecular complexity index is 398. The SMILES string of the molecule is CC(C)(C)C1CCCN(c2cccc(Br)n2)CC1. The molecule has 2 nitrogen and oxygen atoms in total. The van der Waals surface area contributed by atoms with Crippen LogP contribution in [0.5, 0.6) is 0 Å². The van der Waals surface area contributed by atoms with Gasteiger partial charge in [-0.2, -0.15) is 0 Å². The van der Waals surface area contributed by atoms with Crippen molar-refractivity contribution >= 4 is 21.7 Å². The minimum Gasteiger partial charge on any atom is -0.357 e. The van der Waals surface area contributed by atoms with Crippen molar-refractivity contribution in [3.05, 3.63) is 22.8 Å². The molecule has 0 amide bonds. The number of hydrogen-bond acceptors (Lipinski definition) is 2. The first-order chi connectivity index (χ1) is 8.47. The third kappa shape index (κ3) is 3.47. The first-order valence-electron chi connectivity index (χ1n) is 6.84. The second-order valence-electron chi connectivity index (χ2n) is 6.30. The molecule has 0 aliphatic carbocycles. The van der Waals surface area contributed by atoms with Gasteiger partial charge in [0.1, 0.15) is 10.4 Å². The molecule has 1 saturated heterocycles. The lowest BCUT2D eigenvalue weighted by Gasteiger charge is -2.29. The molecule has 1 atom stereocenters. The number of pyridine rings is 1. The van der Waals surface area contributed by atoms with Crippen LogP contribution in [-0.2, 0) is 0 Å². The largest absolute Gasteiger partial charge is 0.357 e. The van der Waals surface area contributed by atoms with Crippen LogP contribution in [0.15, 0.2) is 22.8 Å². The van der Waals surface area contributed by atoms with Gasteiger partial charge in [0, 0.05) is 13.1 Å². The summed E-state index contributed by atoms with van der Waals surface area (Å²) in [6.45, 7) is 9.36. The van der Waals surface area contributed by atoms with Crippen molar-refractivity contribution in [2.75, 3.05) is 18.0 Å². The maximum absolute atomic E-state index is 4.57. The summed E-state index contributed by atoms with van der Waals surface area (Å²) in [5.74, 6) is 1.94. The van der Waals surface area contributed by atoms with E-state index in [9.17, 15) is 0 Å². The monoisotopic (exact) mass is 310 g/mol. The van der Waals surface area contributed by atoms with Gasteiger partial charge in [-0.3, -0.25) is 0 Å². The van der Waals surface area contributed by atoms with Gasteiger partial charge in [-0.05, 0) is 58.7 Å². The molecule has 0 bridgehead atoms. The fourth-order valence-electron chi connectivity index (χ4n) is 2.77. The van der Waals surface area contributed by atoms with Crippen molar-refractivity contribution in [2.45, 2.75) is 40.0 Å². The Kier molecular flexibility index (Phi) is 4.31. The average Bonchev–Trinajstić information content (AvgIpc) is 2.53. The molecule has 0 saturated carbocycles. The molecule has 0 N–H and O–H groups in total. The standard InChI is InChI=1S/C15H23BrN2/c1-15(2,3)12-6-5-10-18(11-9-12)14-8-4-7-13(16)17-14/h4,7-8,12H,5-6,9-11H2,1-3H3. The van der Waals surface area contributed by atoms with E-state index in [1.54, 1.807) is 0 Å².